The molecule has 1 aromatic carbocycles. The Hall–Kier alpha value is -2.91. The Morgan fingerprint density at radius 1 is 1.19 bits per heavy atom. The minimum atomic E-state index is -4.41. The van der Waals surface area contributed by atoms with Crippen molar-refractivity contribution in [1.29, 1.82) is 0 Å². The average Bonchev–Trinajstić information content (AvgIpc) is 2.61. The molecule has 0 saturated carbocycles. The molecule has 1 aliphatic rings. The second kappa shape index (κ2) is 7.14. The van der Waals surface area contributed by atoms with E-state index in [1.54, 1.807) is 4.90 Å². The highest BCUT2D eigenvalue weighted by atomic mass is 19.4. The maximum Gasteiger partial charge on any atom is 0.416 e. The Kier molecular flexibility index (Phi) is 4.92. The highest BCUT2D eigenvalue weighted by Gasteiger charge is 2.30. The van der Waals surface area contributed by atoms with Crippen LogP contribution in [0, 0.1) is 0 Å². The zero-order valence-electron chi connectivity index (χ0n) is 14.0. The fourth-order valence-corrected chi connectivity index (χ4v) is 2.63. The lowest BCUT2D eigenvalue weighted by Crippen LogP contribution is -2.48. The molecular formula is C16H17F3N6O. The molecule has 2 aromatic rings. The zero-order chi connectivity index (χ0) is 18.7. The van der Waals surface area contributed by atoms with E-state index in [-0.39, 0.29) is 11.6 Å². The molecule has 1 aromatic heterocycles. The average molecular weight is 366 g/mol. The molecule has 0 aliphatic carbocycles. The second-order valence-corrected chi connectivity index (χ2v) is 5.84. The Bertz CT molecular complexity index is 790. The summed E-state index contributed by atoms with van der Waals surface area (Å²) in [5.41, 5.74) is -0.488. The number of benzene rings is 1. The lowest BCUT2D eigenvalue weighted by atomic mass is 10.2. The number of nitrogens with one attached hydrogen (secondary N) is 1. The number of amides is 1. The summed E-state index contributed by atoms with van der Waals surface area (Å²) in [4.78, 5) is 19.3. The standard InChI is InChI=1S/C16H17F3N6O/c1-11(26)24-5-7-25(8-6-24)15-22-14(10-20-23-15)21-13-4-2-3-12(9-13)16(17,18)19/h2-4,9-10H,5-8H2,1H3,(H,21,22,23). The summed E-state index contributed by atoms with van der Waals surface area (Å²) < 4.78 is 38.4. The summed E-state index contributed by atoms with van der Waals surface area (Å²) in [6, 6.07) is 4.85. The maximum atomic E-state index is 12.8. The lowest BCUT2D eigenvalue weighted by molar-refractivity contribution is -0.137. The predicted molar refractivity (Wildman–Crippen MR) is 89.0 cm³/mol. The molecule has 26 heavy (non-hydrogen) atoms. The zero-order valence-corrected chi connectivity index (χ0v) is 14.0. The van der Waals surface area contributed by atoms with Gasteiger partial charge in [-0.15, -0.1) is 5.10 Å². The van der Waals surface area contributed by atoms with Crippen molar-refractivity contribution < 1.29 is 18.0 Å². The van der Waals surface area contributed by atoms with Crippen LogP contribution >= 0.6 is 0 Å². The van der Waals surface area contributed by atoms with Gasteiger partial charge in [-0.2, -0.15) is 23.3 Å². The van der Waals surface area contributed by atoms with Gasteiger partial charge in [0.05, 0.1) is 11.8 Å². The van der Waals surface area contributed by atoms with Crippen molar-refractivity contribution in [3.05, 3.63) is 36.0 Å². The van der Waals surface area contributed by atoms with E-state index in [4.69, 9.17) is 0 Å². The van der Waals surface area contributed by atoms with Crippen molar-refractivity contribution in [3.8, 4) is 0 Å². The summed E-state index contributed by atoms with van der Waals surface area (Å²) >= 11 is 0. The molecule has 2 heterocycles. The van der Waals surface area contributed by atoms with Gasteiger partial charge < -0.3 is 15.1 Å². The minimum Gasteiger partial charge on any atom is -0.339 e. The van der Waals surface area contributed by atoms with Crippen LogP contribution in [0.4, 0.5) is 30.6 Å². The first-order valence-electron chi connectivity index (χ1n) is 7.97. The third kappa shape index (κ3) is 4.19. The molecule has 1 saturated heterocycles. The van der Waals surface area contributed by atoms with Gasteiger partial charge in [0, 0.05) is 38.8 Å². The quantitative estimate of drug-likeness (QED) is 0.899. The molecule has 0 atom stereocenters. The van der Waals surface area contributed by atoms with Crippen molar-refractivity contribution in [1.82, 2.24) is 20.1 Å². The van der Waals surface area contributed by atoms with E-state index in [0.29, 0.717) is 37.9 Å². The summed E-state index contributed by atoms with van der Waals surface area (Å²) in [7, 11) is 0. The van der Waals surface area contributed by atoms with Crippen molar-refractivity contribution in [2.24, 2.45) is 0 Å². The van der Waals surface area contributed by atoms with Crippen LogP contribution in [0.5, 0.6) is 0 Å². The van der Waals surface area contributed by atoms with E-state index in [9.17, 15) is 18.0 Å². The molecule has 0 radical (unpaired) electrons. The number of halogens is 3. The number of nitrogens with zero attached hydrogens (tertiary/aromatic N) is 5. The fraction of sp³-hybridized carbons (Fsp3) is 0.375. The summed E-state index contributed by atoms with van der Waals surface area (Å²) in [6.07, 6.45) is -3.07. The summed E-state index contributed by atoms with van der Waals surface area (Å²) in [5, 5.41) is 10.7. The molecule has 1 N–H and O–H groups in total. The van der Waals surface area contributed by atoms with Crippen LogP contribution in [0.15, 0.2) is 30.5 Å². The van der Waals surface area contributed by atoms with E-state index < -0.39 is 11.7 Å². The third-order valence-corrected chi connectivity index (χ3v) is 4.02. The topological polar surface area (TPSA) is 74.2 Å². The summed E-state index contributed by atoms with van der Waals surface area (Å²) in [6.45, 7) is 3.77. The van der Waals surface area contributed by atoms with E-state index in [2.05, 4.69) is 20.5 Å². The van der Waals surface area contributed by atoms with Gasteiger partial charge in [0.1, 0.15) is 0 Å². The van der Waals surface area contributed by atoms with Gasteiger partial charge >= 0.3 is 6.18 Å². The smallest absolute Gasteiger partial charge is 0.339 e. The molecule has 1 fully saturated rings. The van der Waals surface area contributed by atoms with Gasteiger partial charge in [0.25, 0.3) is 0 Å². The molecule has 3 rings (SSSR count). The van der Waals surface area contributed by atoms with Gasteiger partial charge in [-0.05, 0) is 18.2 Å². The predicted octanol–water partition coefficient (Wildman–Crippen LogP) is 2.30. The van der Waals surface area contributed by atoms with Crippen molar-refractivity contribution in [2.75, 3.05) is 36.4 Å². The Labute approximate surface area is 147 Å². The SMILES string of the molecule is CC(=O)N1CCN(c2nncc(Nc3cccc(C(F)(F)F)c3)n2)CC1. The van der Waals surface area contributed by atoms with Crippen LogP contribution in [-0.4, -0.2) is 52.2 Å². The minimum absolute atomic E-state index is 0.0173. The highest BCUT2D eigenvalue weighted by Crippen LogP contribution is 2.31. The molecule has 0 spiro atoms. The maximum absolute atomic E-state index is 12.8. The van der Waals surface area contributed by atoms with Crippen molar-refractivity contribution >= 4 is 23.4 Å². The van der Waals surface area contributed by atoms with E-state index >= 15 is 0 Å². The number of aromatic nitrogens is 3. The number of rotatable bonds is 3. The summed E-state index contributed by atoms with van der Waals surface area (Å²) in [5.74, 6) is 0.678. The highest BCUT2D eigenvalue weighted by molar-refractivity contribution is 5.73. The lowest BCUT2D eigenvalue weighted by Gasteiger charge is -2.33. The van der Waals surface area contributed by atoms with E-state index in [1.165, 1.54) is 25.3 Å². The van der Waals surface area contributed by atoms with Crippen LogP contribution < -0.4 is 10.2 Å². The van der Waals surface area contributed by atoms with Crippen LogP contribution in [0.2, 0.25) is 0 Å². The van der Waals surface area contributed by atoms with Gasteiger partial charge in [-0.1, -0.05) is 6.07 Å². The van der Waals surface area contributed by atoms with Crippen molar-refractivity contribution in [2.45, 2.75) is 13.1 Å². The largest absolute Gasteiger partial charge is 0.416 e. The van der Waals surface area contributed by atoms with Gasteiger partial charge in [-0.3, -0.25) is 4.79 Å². The Morgan fingerprint density at radius 3 is 2.58 bits per heavy atom. The molecular weight excluding hydrogens is 349 g/mol. The molecule has 0 bridgehead atoms. The van der Waals surface area contributed by atoms with Crippen LogP contribution in [0.25, 0.3) is 0 Å². The number of piperazine rings is 1. The normalized spacial score (nSPS) is 15.1. The number of hydrogen-bond acceptors (Lipinski definition) is 6. The van der Waals surface area contributed by atoms with E-state index in [1.807, 2.05) is 4.90 Å². The number of alkyl halides is 3. The number of carbonyl (C=O) groups is 1. The first-order chi connectivity index (χ1) is 12.3. The Balaban J connectivity index is 1.71. The van der Waals surface area contributed by atoms with E-state index in [0.717, 1.165) is 12.1 Å². The van der Waals surface area contributed by atoms with Gasteiger partial charge in [-0.25, -0.2) is 0 Å². The molecule has 138 valence electrons. The second-order valence-electron chi connectivity index (χ2n) is 5.84. The van der Waals surface area contributed by atoms with Crippen LogP contribution in [-0.2, 0) is 11.0 Å². The van der Waals surface area contributed by atoms with Crippen LogP contribution in [0.1, 0.15) is 12.5 Å². The fourth-order valence-electron chi connectivity index (χ4n) is 2.63. The number of anilines is 3. The van der Waals surface area contributed by atoms with Crippen LogP contribution in [0.3, 0.4) is 0 Å². The molecule has 10 heteroatoms. The molecule has 1 aliphatic heterocycles. The molecule has 1 amide bonds. The first kappa shape index (κ1) is 17.9. The Morgan fingerprint density at radius 2 is 1.92 bits per heavy atom. The molecule has 7 nitrogen and oxygen atoms in total. The van der Waals surface area contributed by atoms with Gasteiger partial charge in [0.15, 0.2) is 5.82 Å². The monoisotopic (exact) mass is 366 g/mol. The first-order valence-corrected chi connectivity index (χ1v) is 7.97. The third-order valence-electron chi connectivity index (χ3n) is 4.02. The van der Waals surface area contributed by atoms with Gasteiger partial charge in [0.2, 0.25) is 11.9 Å². The van der Waals surface area contributed by atoms with Crippen molar-refractivity contribution in [3.63, 3.8) is 0 Å². The number of hydrogen-bond donors (Lipinski definition) is 1. The number of carbonyl (C=O) groups excluding carboxylic acids is 1. The molecule has 0 unspecified atom stereocenters.